The predicted molar refractivity (Wildman–Crippen MR) is 55.1 cm³/mol. The van der Waals surface area contributed by atoms with Gasteiger partial charge in [-0.1, -0.05) is 0 Å². The van der Waals surface area contributed by atoms with Gasteiger partial charge in [-0.2, -0.15) is 11.8 Å². The summed E-state index contributed by atoms with van der Waals surface area (Å²) in [5.41, 5.74) is 0. The van der Waals surface area contributed by atoms with Crippen LogP contribution in [-0.4, -0.2) is 53.5 Å². The number of thioether (sulfide) groups is 1. The first-order valence-corrected chi connectivity index (χ1v) is 6.15. The van der Waals surface area contributed by atoms with Gasteiger partial charge in [0.2, 0.25) is 0 Å². The normalized spacial score (nSPS) is 23.7. The Kier molecular flexibility index (Phi) is 2.98. The molecule has 2 aliphatic rings. The SMILES string of the molecule is O=C(N1CCCC1)N1CCSCC1. The van der Waals surface area contributed by atoms with E-state index >= 15 is 0 Å². The molecular weight excluding hydrogens is 184 g/mol. The molecule has 0 aromatic carbocycles. The van der Waals surface area contributed by atoms with Crippen LogP contribution in [0.5, 0.6) is 0 Å². The lowest BCUT2D eigenvalue weighted by atomic mass is 10.4. The number of carbonyl (C=O) groups excluding carboxylic acids is 1. The minimum absolute atomic E-state index is 0.276. The molecule has 0 bridgehead atoms. The summed E-state index contributed by atoms with van der Waals surface area (Å²) in [5, 5.41) is 0. The standard InChI is InChI=1S/C9H16N2OS/c12-9(10-3-1-2-4-10)11-5-7-13-8-6-11/h1-8H2. The van der Waals surface area contributed by atoms with E-state index in [1.165, 1.54) is 12.8 Å². The molecule has 2 amide bonds. The molecule has 0 aliphatic carbocycles. The molecule has 0 aromatic rings. The van der Waals surface area contributed by atoms with Crippen molar-refractivity contribution < 1.29 is 4.79 Å². The maximum absolute atomic E-state index is 11.8. The molecule has 74 valence electrons. The monoisotopic (exact) mass is 200 g/mol. The Morgan fingerprint density at radius 2 is 1.46 bits per heavy atom. The number of urea groups is 1. The Labute approximate surface area is 83.5 Å². The van der Waals surface area contributed by atoms with Crippen molar-refractivity contribution in [3.8, 4) is 0 Å². The summed E-state index contributed by atoms with van der Waals surface area (Å²) in [7, 11) is 0. The van der Waals surface area contributed by atoms with E-state index in [0.29, 0.717) is 0 Å². The lowest BCUT2D eigenvalue weighted by Gasteiger charge is -2.30. The van der Waals surface area contributed by atoms with Crippen LogP contribution in [0.2, 0.25) is 0 Å². The Balaban J connectivity index is 1.87. The average Bonchev–Trinajstić information content (AvgIpc) is 2.71. The molecular formula is C9H16N2OS. The zero-order valence-electron chi connectivity index (χ0n) is 7.87. The fourth-order valence-electron chi connectivity index (χ4n) is 1.86. The van der Waals surface area contributed by atoms with Crippen molar-refractivity contribution in [1.29, 1.82) is 0 Å². The van der Waals surface area contributed by atoms with E-state index in [0.717, 1.165) is 37.7 Å². The van der Waals surface area contributed by atoms with Crippen molar-refractivity contribution in [2.75, 3.05) is 37.7 Å². The van der Waals surface area contributed by atoms with Crippen LogP contribution in [0.4, 0.5) is 4.79 Å². The number of nitrogens with zero attached hydrogens (tertiary/aromatic N) is 2. The minimum atomic E-state index is 0.276. The topological polar surface area (TPSA) is 23.6 Å². The van der Waals surface area contributed by atoms with Crippen molar-refractivity contribution in [2.24, 2.45) is 0 Å². The lowest BCUT2D eigenvalue weighted by Crippen LogP contribution is -2.45. The highest BCUT2D eigenvalue weighted by atomic mass is 32.2. The molecule has 0 spiro atoms. The molecule has 2 fully saturated rings. The Hall–Kier alpha value is -0.380. The quantitative estimate of drug-likeness (QED) is 0.587. The summed E-state index contributed by atoms with van der Waals surface area (Å²) < 4.78 is 0. The van der Waals surface area contributed by atoms with E-state index in [4.69, 9.17) is 0 Å². The second kappa shape index (κ2) is 4.22. The first-order valence-electron chi connectivity index (χ1n) is 4.99. The summed E-state index contributed by atoms with van der Waals surface area (Å²) in [6.07, 6.45) is 2.38. The molecule has 4 heteroatoms. The zero-order chi connectivity index (χ0) is 9.10. The van der Waals surface area contributed by atoms with E-state index in [9.17, 15) is 4.79 Å². The summed E-state index contributed by atoms with van der Waals surface area (Å²) in [6.45, 7) is 3.84. The molecule has 0 aromatic heterocycles. The van der Waals surface area contributed by atoms with Crippen LogP contribution in [0.25, 0.3) is 0 Å². The summed E-state index contributed by atoms with van der Waals surface area (Å²) >= 11 is 1.95. The highest BCUT2D eigenvalue weighted by Gasteiger charge is 2.24. The van der Waals surface area contributed by atoms with Crippen LogP contribution >= 0.6 is 11.8 Å². The van der Waals surface area contributed by atoms with E-state index in [2.05, 4.69) is 0 Å². The zero-order valence-corrected chi connectivity index (χ0v) is 8.68. The Morgan fingerprint density at radius 1 is 0.923 bits per heavy atom. The predicted octanol–water partition coefficient (Wildman–Crippen LogP) is 1.25. The van der Waals surface area contributed by atoms with Gasteiger partial charge in [0.15, 0.2) is 0 Å². The maximum atomic E-state index is 11.8. The van der Waals surface area contributed by atoms with E-state index < -0.39 is 0 Å². The van der Waals surface area contributed by atoms with E-state index in [1.54, 1.807) is 0 Å². The highest BCUT2D eigenvalue weighted by Crippen LogP contribution is 2.14. The van der Waals surface area contributed by atoms with Crippen LogP contribution in [0.3, 0.4) is 0 Å². The largest absolute Gasteiger partial charge is 0.325 e. The number of amides is 2. The maximum Gasteiger partial charge on any atom is 0.320 e. The molecule has 13 heavy (non-hydrogen) atoms. The third-order valence-electron chi connectivity index (χ3n) is 2.66. The van der Waals surface area contributed by atoms with Crippen molar-refractivity contribution in [1.82, 2.24) is 9.80 Å². The van der Waals surface area contributed by atoms with Crippen LogP contribution < -0.4 is 0 Å². The number of carbonyl (C=O) groups is 1. The summed E-state index contributed by atoms with van der Waals surface area (Å²) in [4.78, 5) is 15.8. The fraction of sp³-hybridized carbons (Fsp3) is 0.889. The molecule has 3 nitrogen and oxygen atoms in total. The van der Waals surface area contributed by atoms with Crippen LogP contribution in [0.1, 0.15) is 12.8 Å². The van der Waals surface area contributed by atoms with Gasteiger partial charge in [-0.05, 0) is 12.8 Å². The van der Waals surface area contributed by atoms with Gasteiger partial charge in [-0.3, -0.25) is 0 Å². The smallest absolute Gasteiger partial charge is 0.320 e. The Morgan fingerprint density at radius 3 is 2.08 bits per heavy atom. The number of hydrogen-bond acceptors (Lipinski definition) is 2. The number of hydrogen-bond donors (Lipinski definition) is 0. The molecule has 0 saturated carbocycles. The third kappa shape index (κ3) is 2.10. The van der Waals surface area contributed by atoms with Gasteiger partial charge in [0, 0.05) is 37.7 Å². The van der Waals surface area contributed by atoms with Crippen LogP contribution in [0.15, 0.2) is 0 Å². The molecule has 0 atom stereocenters. The van der Waals surface area contributed by atoms with Gasteiger partial charge in [0.25, 0.3) is 0 Å². The average molecular weight is 200 g/mol. The van der Waals surface area contributed by atoms with Crippen LogP contribution in [-0.2, 0) is 0 Å². The second-order valence-electron chi connectivity index (χ2n) is 3.58. The lowest BCUT2D eigenvalue weighted by molar-refractivity contribution is 0.167. The van der Waals surface area contributed by atoms with Gasteiger partial charge in [0.05, 0.1) is 0 Å². The van der Waals surface area contributed by atoms with E-state index in [-0.39, 0.29) is 6.03 Å². The van der Waals surface area contributed by atoms with Gasteiger partial charge in [-0.15, -0.1) is 0 Å². The summed E-state index contributed by atoms with van der Waals surface area (Å²) in [5.74, 6) is 2.22. The summed E-state index contributed by atoms with van der Waals surface area (Å²) in [6, 6.07) is 0.276. The first kappa shape index (κ1) is 9.19. The molecule has 0 N–H and O–H groups in total. The molecule has 0 unspecified atom stereocenters. The van der Waals surface area contributed by atoms with Gasteiger partial charge >= 0.3 is 6.03 Å². The van der Waals surface area contributed by atoms with Crippen LogP contribution in [0, 0.1) is 0 Å². The molecule has 0 radical (unpaired) electrons. The number of rotatable bonds is 0. The minimum Gasteiger partial charge on any atom is -0.325 e. The van der Waals surface area contributed by atoms with Crippen molar-refractivity contribution in [2.45, 2.75) is 12.8 Å². The van der Waals surface area contributed by atoms with E-state index in [1.807, 2.05) is 21.6 Å². The second-order valence-corrected chi connectivity index (χ2v) is 4.80. The highest BCUT2D eigenvalue weighted by molar-refractivity contribution is 7.99. The van der Waals surface area contributed by atoms with Crippen molar-refractivity contribution in [3.63, 3.8) is 0 Å². The number of likely N-dealkylation sites (tertiary alicyclic amines) is 1. The van der Waals surface area contributed by atoms with Gasteiger partial charge in [-0.25, -0.2) is 4.79 Å². The fourth-order valence-corrected chi connectivity index (χ4v) is 2.77. The molecule has 2 heterocycles. The molecule has 2 aliphatic heterocycles. The first-order chi connectivity index (χ1) is 6.38. The van der Waals surface area contributed by atoms with Gasteiger partial charge < -0.3 is 9.80 Å². The molecule has 2 saturated heterocycles. The third-order valence-corrected chi connectivity index (χ3v) is 3.60. The van der Waals surface area contributed by atoms with Crippen molar-refractivity contribution in [3.05, 3.63) is 0 Å². The van der Waals surface area contributed by atoms with Crippen molar-refractivity contribution >= 4 is 17.8 Å². The van der Waals surface area contributed by atoms with Gasteiger partial charge in [0.1, 0.15) is 0 Å². The Bertz CT molecular complexity index is 186. The molecule has 2 rings (SSSR count).